The molecule has 3 aromatic carbocycles. The number of rotatable bonds is 7. The van der Waals surface area contributed by atoms with Gasteiger partial charge in [-0.3, -0.25) is 4.90 Å². The molecular formula is C30H32F3N3O3. The van der Waals surface area contributed by atoms with Crippen LogP contribution in [0, 0.1) is 5.92 Å². The zero-order valence-electron chi connectivity index (χ0n) is 21.5. The van der Waals surface area contributed by atoms with Gasteiger partial charge in [0.2, 0.25) is 0 Å². The van der Waals surface area contributed by atoms with Gasteiger partial charge in [-0.1, -0.05) is 6.42 Å². The Morgan fingerprint density at radius 1 is 0.769 bits per heavy atom. The summed E-state index contributed by atoms with van der Waals surface area (Å²) < 4.78 is 49.8. The predicted octanol–water partition coefficient (Wildman–Crippen LogP) is 7.79. The van der Waals surface area contributed by atoms with Crippen molar-refractivity contribution < 1.29 is 27.4 Å². The first-order valence-electron chi connectivity index (χ1n) is 13.3. The van der Waals surface area contributed by atoms with Crippen LogP contribution in [-0.4, -0.2) is 36.7 Å². The highest BCUT2D eigenvalue weighted by Crippen LogP contribution is 2.33. The molecule has 2 fully saturated rings. The molecule has 0 spiro atoms. The van der Waals surface area contributed by atoms with Crippen molar-refractivity contribution in [2.75, 3.05) is 30.3 Å². The van der Waals surface area contributed by atoms with Crippen molar-refractivity contribution in [1.82, 2.24) is 4.90 Å². The van der Waals surface area contributed by atoms with E-state index >= 15 is 0 Å². The quantitative estimate of drug-likeness (QED) is 0.322. The first-order valence-corrected chi connectivity index (χ1v) is 13.3. The van der Waals surface area contributed by atoms with Crippen molar-refractivity contribution in [3.63, 3.8) is 0 Å². The lowest BCUT2D eigenvalue weighted by atomic mass is 9.84. The van der Waals surface area contributed by atoms with E-state index in [2.05, 4.69) is 15.5 Å². The van der Waals surface area contributed by atoms with E-state index in [1.54, 1.807) is 24.3 Å². The fourth-order valence-electron chi connectivity index (χ4n) is 5.36. The smallest absolute Gasteiger partial charge is 0.416 e. The van der Waals surface area contributed by atoms with E-state index in [1.807, 2.05) is 24.3 Å². The van der Waals surface area contributed by atoms with E-state index in [9.17, 15) is 18.0 Å². The van der Waals surface area contributed by atoms with Crippen LogP contribution >= 0.6 is 0 Å². The Balaban J connectivity index is 1.07. The first-order chi connectivity index (χ1) is 18.8. The standard InChI is InChI=1S/C30H32F3N3O3/c31-30(32,33)22-6-12-26(13-7-22)39-27-16-10-24(11-17-27)35-29(37)34-23-8-14-25(15-9-23)38-20-21-4-3-19-36-18-2-1-5-28(21)36/h6-17,21,28H,1-5,18-20H2,(H2,34,35,37)/t21-,28+/m0/s1. The topological polar surface area (TPSA) is 62.8 Å². The van der Waals surface area contributed by atoms with E-state index in [-0.39, 0.29) is 5.75 Å². The molecule has 0 aromatic heterocycles. The van der Waals surface area contributed by atoms with Crippen molar-refractivity contribution in [2.45, 2.75) is 44.3 Å². The Morgan fingerprint density at radius 3 is 1.95 bits per heavy atom. The fourth-order valence-corrected chi connectivity index (χ4v) is 5.36. The third kappa shape index (κ3) is 7.23. The van der Waals surface area contributed by atoms with Gasteiger partial charge in [-0.2, -0.15) is 13.2 Å². The van der Waals surface area contributed by atoms with Crippen molar-refractivity contribution in [1.29, 1.82) is 0 Å². The maximum atomic E-state index is 12.7. The van der Waals surface area contributed by atoms with Crippen LogP contribution in [-0.2, 0) is 6.18 Å². The largest absolute Gasteiger partial charge is 0.493 e. The second-order valence-electron chi connectivity index (χ2n) is 10.1. The minimum absolute atomic E-state index is 0.281. The van der Waals surface area contributed by atoms with Gasteiger partial charge in [-0.25, -0.2) is 4.79 Å². The Morgan fingerprint density at radius 2 is 1.33 bits per heavy atom. The summed E-state index contributed by atoms with van der Waals surface area (Å²) in [6.45, 7) is 3.14. The number of alkyl halides is 3. The maximum Gasteiger partial charge on any atom is 0.416 e. The average molecular weight is 540 g/mol. The third-order valence-electron chi connectivity index (χ3n) is 7.33. The molecule has 3 aromatic rings. The van der Waals surface area contributed by atoms with Gasteiger partial charge in [0.1, 0.15) is 17.2 Å². The highest BCUT2D eigenvalue weighted by atomic mass is 19.4. The number of fused-ring (bicyclic) bond motifs is 1. The van der Waals surface area contributed by atoms with E-state index in [4.69, 9.17) is 9.47 Å². The van der Waals surface area contributed by atoms with Gasteiger partial charge in [0, 0.05) is 23.3 Å². The zero-order valence-corrected chi connectivity index (χ0v) is 21.5. The van der Waals surface area contributed by atoms with Crippen LogP contribution in [0.5, 0.6) is 17.2 Å². The van der Waals surface area contributed by atoms with E-state index < -0.39 is 17.8 Å². The highest BCUT2D eigenvalue weighted by molar-refractivity contribution is 5.99. The Labute approximate surface area is 226 Å². The molecule has 0 saturated carbocycles. The molecule has 0 bridgehead atoms. The summed E-state index contributed by atoms with van der Waals surface area (Å²) >= 11 is 0. The second kappa shape index (κ2) is 12.0. The number of piperidine rings is 2. The van der Waals surface area contributed by atoms with Gasteiger partial charge < -0.3 is 20.1 Å². The van der Waals surface area contributed by atoms with Crippen LogP contribution in [0.25, 0.3) is 0 Å². The summed E-state index contributed by atoms with van der Waals surface area (Å²) in [6, 6.07) is 18.6. The number of hydrogen-bond acceptors (Lipinski definition) is 4. The number of carbonyl (C=O) groups is 1. The molecule has 5 rings (SSSR count). The van der Waals surface area contributed by atoms with Crippen LogP contribution in [0.3, 0.4) is 0 Å². The molecule has 9 heteroatoms. The average Bonchev–Trinajstić information content (AvgIpc) is 2.93. The lowest BCUT2D eigenvalue weighted by molar-refractivity contribution is -0.137. The van der Waals surface area contributed by atoms with Crippen molar-refractivity contribution in [2.24, 2.45) is 5.92 Å². The van der Waals surface area contributed by atoms with Gasteiger partial charge in [-0.05, 0) is 112 Å². The number of benzene rings is 3. The number of urea groups is 1. The zero-order chi connectivity index (χ0) is 27.2. The van der Waals surface area contributed by atoms with E-state index in [0.717, 1.165) is 17.9 Å². The molecule has 2 atom stereocenters. The number of halogens is 3. The predicted molar refractivity (Wildman–Crippen MR) is 144 cm³/mol. The molecule has 206 valence electrons. The van der Waals surface area contributed by atoms with Crippen LogP contribution in [0.15, 0.2) is 72.8 Å². The fraction of sp³-hybridized carbons (Fsp3) is 0.367. The number of nitrogens with zero attached hydrogens (tertiary/aromatic N) is 1. The first kappa shape index (κ1) is 26.9. The summed E-state index contributed by atoms with van der Waals surface area (Å²) in [4.78, 5) is 15.1. The Kier molecular flexibility index (Phi) is 8.26. The van der Waals surface area contributed by atoms with Gasteiger partial charge in [0.15, 0.2) is 0 Å². The highest BCUT2D eigenvalue weighted by Gasteiger charge is 2.33. The normalized spacial score (nSPS) is 19.6. The molecule has 2 heterocycles. The maximum absolute atomic E-state index is 12.7. The summed E-state index contributed by atoms with van der Waals surface area (Å²) in [5, 5.41) is 5.55. The van der Waals surface area contributed by atoms with Gasteiger partial charge in [-0.15, -0.1) is 0 Å². The molecule has 6 nitrogen and oxygen atoms in total. The molecular weight excluding hydrogens is 507 g/mol. The minimum Gasteiger partial charge on any atom is -0.493 e. The number of ether oxygens (including phenoxy) is 2. The molecule has 0 aliphatic carbocycles. The molecule has 2 aliphatic rings. The molecule has 0 unspecified atom stereocenters. The van der Waals surface area contributed by atoms with Crippen molar-refractivity contribution >= 4 is 17.4 Å². The third-order valence-corrected chi connectivity index (χ3v) is 7.33. The number of amides is 2. The molecule has 39 heavy (non-hydrogen) atoms. The number of anilines is 2. The summed E-state index contributed by atoms with van der Waals surface area (Å²) in [5.41, 5.74) is 0.437. The van der Waals surface area contributed by atoms with Crippen LogP contribution < -0.4 is 20.1 Å². The lowest BCUT2D eigenvalue weighted by Gasteiger charge is -2.44. The van der Waals surface area contributed by atoms with Crippen molar-refractivity contribution in [3.05, 3.63) is 78.4 Å². The number of carbonyl (C=O) groups excluding carboxylic acids is 1. The molecule has 2 N–H and O–H groups in total. The summed E-state index contributed by atoms with van der Waals surface area (Å²) in [5.74, 6) is 2.07. The summed E-state index contributed by atoms with van der Waals surface area (Å²) in [7, 11) is 0. The number of hydrogen-bond donors (Lipinski definition) is 2. The monoisotopic (exact) mass is 539 g/mol. The van der Waals surface area contributed by atoms with Gasteiger partial charge in [0.25, 0.3) is 0 Å². The van der Waals surface area contributed by atoms with Crippen LogP contribution in [0.2, 0.25) is 0 Å². The van der Waals surface area contributed by atoms with Crippen molar-refractivity contribution in [3.8, 4) is 17.2 Å². The second-order valence-corrected chi connectivity index (χ2v) is 10.1. The Hall–Kier alpha value is -3.72. The minimum atomic E-state index is -4.39. The molecule has 2 amide bonds. The van der Waals surface area contributed by atoms with Gasteiger partial charge in [0.05, 0.1) is 12.2 Å². The number of nitrogens with one attached hydrogen (secondary N) is 2. The SMILES string of the molecule is O=C(Nc1ccc(OC[C@@H]2CCCN3CCCC[C@H]23)cc1)Nc1ccc(Oc2ccc(C(F)(F)F)cc2)cc1. The molecule has 0 radical (unpaired) electrons. The van der Waals surface area contributed by atoms with Crippen LogP contribution in [0.4, 0.5) is 29.3 Å². The lowest BCUT2D eigenvalue weighted by Crippen LogP contribution is -2.49. The summed E-state index contributed by atoms with van der Waals surface area (Å²) in [6.07, 6.45) is 1.92. The molecule has 2 aliphatic heterocycles. The Bertz CT molecular complexity index is 1230. The molecule has 2 saturated heterocycles. The van der Waals surface area contributed by atoms with E-state index in [1.165, 1.54) is 57.3 Å². The van der Waals surface area contributed by atoms with Gasteiger partial charge >= 0.3 is 12.2 Å². The van der Waals surface area contributed by atoms with E-state index in [0.29, 0.717) is 35.7 Å². The van der Waals surface area contributed by atoms with Crippen LogP contribution in [0.1, 0.15) is 37.7 Å².